The Balaban J connectivity index is 3.49. The summed E-state index contributed by atoms with van der Waals surface area (Å²) in [5, 5.41) is 18.6. The van der Waals surface area contributed by atoms with E-state index in [2.05, 4.69) is 0 Å². The Labute approximate surface area is 89.4 Å². The molecule has 0 radical (unpaired) electrons. The van der Waals surface area contributed by atoms with E-state index in [1.807, 2.05) is 20.8 Å². The molecule has 3 heteroatoms. The van der Waals surface area contributed by atoms with Gasteiger partial charge in [0.05, 0.1) is 5.56 Å². The number of rotatable bonds is 1. The predicted octanol–water partition coefficient (Wildman–Crippen LogP) is 2.70. The summed E-state index contributed by atoms with van der Waals surface area (Å²) < 4.78 is 0. The molecular formula is C12H16O3. The van der Waals surface area contributed by atoms with Gasteiger partial charge in [0.2, 0.25) is 0 Å². The van der Waals surface area contributed by atoms with E-state index >= 15 is 0 Å². The average Bonchev–Trinajstić information content (AvgIpc) is 2.06. The van der Waals surface area contributed by atoms with Crippen molar-refractivity contribution in [3.8, 4) is 5.75 Å². The van der Waals surface area contributed by atoms with Crippen molar-refractivity contribution in [2.24, 2.45) is 0 Å². The quantitative estimate of drug-likeness (QED) is 0.746. The molecule has 0 fully saturated rings. The van der Waals surface area contributed by atoms with Gasteiger partial charge in [-0.25, -0.2) is 4.79 Å². The lowest BCUT2D eigenvalue weighted by Gasteiger charge is -2.22. The number of hydrogen-bond donors (Lipinski definition) is 2. The van der Waals surface area contributed by atoms with Gasteiger partial charge < -0.3 is 10.2 Å². The van der Waals surface area contributed by atoms with Crippen LogP contribution in [-0.2, 0) is 5.41 Å². The number of benzene rings is 1. The molecule has 0 unspecified atom stereocenters. The second-order valence-electron chi connectivity index (χ2n) is 4.74. The van der Waals surface area contributed by atoms with Crippen LogP contribution in [0.5, 0.6) is 5.75 Å². The first-order valence-corrected chi connectivity index (χ1v) is 4.81. The maximum Gasteiger partial charge on any atom is 0.335 e. The van der Waals surface area contributed by atoms with Crippen molar-refractivity contribution in [2.75, 3.05) is 0 Å². The third-order valence-corrected chi connectivity index (χ3v) is 2.37. The lowest BCUT2D eigenvalue weighted by Crippen LogP contribution is -2.17. The molecule has 0 aliphatic rings. The van der Waals surface area contributed by atoms with E-state index in [9.17, 15) is 9.90 Å². The highest BCUT2D eigenvalue weighted by Gasteiger charge is 2.22. The molecule has 0 aromatic heterocycles. The Kier molecular flexibility index (Phi) is 2.75. The zero-order valence-electron chi connectivity index (χ0n) is 9.46. The number of phenolic OH excluding ortho intramolecular Hbond substituents is 1. The van der Waals surface area contributed by atoms with Crippen LogP contribution in [0.4, 0.5) is 0 Å². The zero-order valence-corrected chi connectivity index (χ0v) is 9.46. The van der Waals surface area contributed by atoms with Crippen LogP contribution in [0, 0.1) is 6.92 Å². The summed E-state index contributed by atoms with van der Waals surface area (Å²) in [6.07, 6.45) is 0. The van der Waals surface area contributed by atoms with E-state index in [1.165, 1.54) is 6.07 Å². The molecule has 2 N–H and O–H groups in total. The van der Waals surface area contributed by atoms with E-state index in [4.69, 9.17) is 5.11 Å². The molecule has 1 rings (SSSR count). The number of phenols is 1. The number of carboxylic acid groups (broad SMARTS) is 1. The molecule has 3 nitrogen and oxygen atoms in total. The minimum atomic E-state index is -0.956. The Bertz CT molecular complexity index is 400. The lowest BCUT2D eigenvalue weighted by atomic mass is 9.83. The molecule has 0 atom stereocenters. The van der Waals surface area contributed by atoms with E-state index in [0.717, 1.165) is 0 Å². The van der Waals surface area contributed by atoms with Gasteiger partial charge in [-0.05, 0) is 35.6 Å². The van der Waals surface area contributed by atoms with Crippen molar-refractivity contribution in [1.29, 1.82) is 0 Å². The standard InChI is InChI=1S/C12H16O3/c1-7-5-8(11(14)15)9(6-10(7)13)12(2,3)4/h5-6,13H,1-4H3,(H,14,15). The zero-order chi connectivity index (χ0) is 11.8. The molecule has 0 amide bonds. The van der Waals surface area contributed by atoms with Crippen molar-refractivity contribution in [3.05, 3.63) is 28.8 Å². The molecule has 82 valence electrons. The summed E-state index contributed by atoms with van der Waals surface area (Å²) in [4.78, 5) is 11.1. The Hall–Kier alpha value is -1.51. The molecular weight excluding hydrogens is 192 g/mol. The van der Waals surface area contributed by atoms with Gasteiger partial charge in [0.1, 0.15) is 5.75 Å². The summed E-state index contributed by atoms with van der Waals surface area (Å²) in [7, 11) is 0. The highest BCUT2D eigenvalue weighted by atomic mass is 16.4. The van der Waals surface area contributed by atoms with Gasteiger partial charge in [-0.2, -0.15) is 0 Å². The normalized spacial score (nSPS) is 11.5. The maximum atomic E-state index is 11.1. The van der Waals surface area contributed by atoms with Crippen molar-refractivity contribution < 1.29 is 15.0 Å². The number of aromatic carboxylic acids is 1. The van der Waals surface area contributed by atoms with E-state index in [0.29, 0.717) is 11.1 Å². The number of aryl methyl sites for hydroxylation is 1. The SMILES string of the molecule is Cc1cc(C(=O)O)c(C(C)(C)C)cc1O. The van der Waals surface area contributed by atoms with Crippen LogP contribution in [0.3, 0.4) is 0 Å². The molecule has 1 aromatic carbocycles. The first-order valence-electron chi connectivity index (χ1n) is 4.81. The molecule has 15 heavy (non-hydrogen) atoms. The molecule has 0 saturated heterocycles. The minimum absolute atomic E-state index is 0.143. The van der Waals surface area contributed by atoms with Crippen LogP contribution in [0.1, 0.15) is 42.3 Å². The van der Waals surface area contributed by atoms with Gasteiger partial charge in [0.25, 0.3) is 0 Å². The average molecular weight is 208 g/mol. The summed E-state index contributed by atoms with van der Waals surface area (Å²) in [5.74, 6) is -0.812. The molecule has 0 spiro atoms. The van der Waals surface area contributed by atoms with Crippen LogP contribution in [0.25, 0.3) is 0 Å². The number of carboxylic acids is 1. The Morgan fingerprint density at radius 1 is 1.27 bits per heavy atom. The summed E-state index contributed by atoms with van der Waals surface area (Å²) in [5.41, 5.74) is 1.20. The van der Waals surface area contributed by atoms with Crippen molar-refractivity contribution in [2.45, 2.75) is 33.1 Å². The third-order valence-electron chi connectivity index (χ3n) is 2.37. The van der Waals surface area contributed by atoms with Crippen molar-refractivity contribution in [3.63, 3.8) is 0 Å². The fraction of sp³-hybridized carbons (Fsp3) is 0.417. The monoisotopic (exact) mass is 208 g/mol. The van der Waals surface area contributed by atoms with E-state index in [-0.39, 0.29) is 16.7 Å². The summed E-state index contributed by atoms with van der Waals surface area (Å²) in [6.45, 7) is 7.45. The third kappa shape index (κ3) is 2.29. The molecule has 0 aliphatic carbocycles. The largest absolute Gasteiger partial charge is 0.508 e. The lowest BCUT2D eigenvalue weighted by molar-refractivity contribution is 0.0694. The molecule has 0 saturated carbocycles. The molecule has 0 aliphatic heterocycles. The van der Waals surface area contributed by atoms with Gasteiger partial charge in [-0.15, -0.1) is 0 Å². The summed E-state index contributed by atoms with van der Waals surface area (Å²) in [6, 6.07) is 3.05. The van der Waals surface area contributed by atoms with Gasteiger partial charge in [-0.3, -0.25) is 0 Å². The van der Waals surface area contributed by atoms with Crippen molar-refractivity contribution in [1.82, 2.24) is 0 Å². The number of aromatic hydroxyl groups is 1. The molecule has 0 heterocycles. The first-order chi connectivity index (χ1) is 6.73. The summed E-state index contributed by atoms with van der Waals surface area (Å²) >= 11 is 0. The van der Waals surface area contributed by atoms with Crippen LogP contribution in [0.2, 0.25) is 0 Å². The van der Waals surface area contributed by atoms with Gasteiger partial charge in [-0.1, -0.05) is 20.8 Å². The van der Waals surface area contributed by atoms with Crippen LogP contribution >= 0.6 is 0 Å². The number of carbonyl (C=O) groups is 1. The van der Waals surface area contributed by atoms with E-state index in [1.54, 1.807) is 13.0 Å². The predicted molar refractivity (Wildman–Crippen MR) is 58.5 cm³/mol. The van der Waals surface area contributed by atoms with Crippen LogP contribution < -0.4 is 0 Å². The number of hydrogen-bond acceptors (Lipinski definition) is 2. The minimum Gasteiger partial charge on any atom is -0.508 e. The second kappa shape index (κ2) is 3.57. The first kappa shape index (κ1) is 11.6. The Morgan fingerprint density at radius 2 is 1.80 bits per heavy atom. The van der Waals surface area contributed by atoms with Gasteiger partial charge in [0.15, 0.2) is 0 Å². The molecule has 0 bridgehead atoms. The van der Waals surface area contributed by atoms with Crippen LogP contribution in [-0.4, -0.2) is 16.2 Å². The maximum absolute atomic E-state index is 11.1. The van der Waals surface area contributed by atoms with Crippen molar-refractivity contribution >= 4 is 5.97 Å². The fourth-order valence-corrected chi connectivity index (χ4v) is 1.49. The smallest absolute Gasteiger partial charge is 0.335 e. The fourth-order valence-electron chi connectivity index (χ4n) is 1.49. The Morgan fingerprint density at radius 3 is 2.20 bits per heavy atom. The van der Waals surface area contributed by atoms with Crippen LogP contribution in [0.15, 0.2) is 12.1 Å². The van der Waals surface area contributed by atoms with Gasteiger partial charge >= 0.3 is 5.97 Å². The highest BCUT2D eigenvalue weighted by molar-refractivity contribution is 5.90. The topological polar surface area (TPSA) is 57.5 Å². The molecule has 1 aromatic rings. The van der Waals surface area contributed by atoms with E-state index < -0.39 is 5.97 Å². The second-order valence-corrected chi connectivity index (χ2v) is 4.74. The van der Waals surface area contributed by atoms with Gasteiger partial charge in [0, 0.05) is 0 Å². The highest BCUT2D eigenvalue weighted by Crippen LogP contribution is 2.31.